The van der Waals surface area contributed by atoms with Crippen LogP contribution in [0.2, 0.25) is 5.02 Å². The van der Waals surface area contributed by atoms with Crippen molar-refractivity contribution in [2.45, 2.75) is 43.6 Å². The van der Waals surface area contributed by atoms with Crippen LogP contribution in [-0.4, -0.2) is 28.3 Å². The molecule has 0 bridgehead atoms. The fraction of sp³-hybridized carbons (Fsp3) is 0.421. The van der Waals surface area contributed by atoms with Crippen molar-refractivity contribution in [2.75, 3.05) is 13.7 Å². The minimum atomic E-state index is -0.0782. The summed E-state index contributed by atoms with van der Waals surface area (Å²) in [4.78, 5) is 21.9. The third-order valence-corrected chi connectivity index (χ3v) is 5.27. The molecule has 0 saturated heterocycles. The van der Waals surface area contributed by atoms with Crippen LogP contribution in [0.3, 0.4) is 0 Å². The second kappa shape index (κ2) is 8.91. The molecule has 144 valence electrons. The molecule has 0 spiro atoms. The molecular formula is C19H22ClN3O3S. The maximum atomic E-state index is 12.9. The van der Waals surface area contributed by atoms with Gasteiger partial charge in [-0.3, -0.25) is 9.36 Å². The molecule has 0 N–H and O–H groups in total. The number of oxazole rings is 1. The number of halogens is 1. The predicted molar refractivity (Wildman–Crippen MR) is 108 cm³/mol. The molecule has 0 saturated carbocycles. The number of thioether (sulfide) groups is 1. The molecule has 2 aromatic heterocycles. The van der Waals surface area contributed by atoms with Crippen LogP contribution < -0.4 is 5.56 Å². The number of hydrogen-bond acceptors (Lipinski definition) is 6. The average Bonchev–Trinajstić information content (AvgIpc) is 3.11. The van der Waals surface area contributed by atoms with Crippen molar-refractivity contribution in [3.8, 4) is 0 Å². The number of ether oxygens (including phenoxy) is 1. The van der Waals surface area contributed by atoms with Crippen molar-refractivity contribution in [3.05, 3.63) is 51.4 Å². The fourth-order valence-corrected chi connectivity index (χ4v) is 3.68. The fourth-order valence-electron chi connectivity index (χ4n) is 2.63. The lowest BCUT2D eigenvalue weighted by atomic mass is 10.2. The summed E-state index contributed by atoms with van der Waals surface area (Å²) in [6, 6.07) is 5.14. The first kappa shape index (κ1) is 19.9. The van der Waals surface area contributed by atoms with Crippen LogP contribution in [0.1, 0.15) is 37.8 Å². The predicted octanol–water partition coefficient (Wildman–Crippen LogP) is 4.49. The summed E-state index contributed by atoms with van der Waals surface area (Å²) >= 11 is 7.50. The van der Waals surface area contributed by atoms with Crippen molar-refractivity contribution in [2.24, 2.45) is 0 Å². The van der Waals surface area contributed by atoms with E-state index in [9.17, 15) is 4.79 Å². The highest BCUT2D eigenvalue weighted by molar-refractivity contribution is 7.98. The lowest BCUT2D eigenvalue weighted by Gasteiger charge is -2.12. The summed E-state index contributed by atoms with van der Waals surface area (Å²) in [6.45, 7) is 5.22. The zero-order valence-corrected chi connectivity index (χ0v) is 17.1. The largest absolute Gasteiger partial charge is 0.445 e. The van der Waals surface area contributed by atoms with Gasteiger partial charge in [-0.25, -0.2) is 9.97 Å². The van der Waals surface area contributed by atoms with Crippen LogP contribution in [-0.2, 0) is 17.0 Å². The maximum Gasteiger partial charge on any atom is 0.262 e. The van der Waals surface area contributed by atoms with Gasteiger partial charge < -0.3 is 9.15 Å². The molecule has 3 rings (SSSR count). The topological polar surface area (TPSA) is 70.2 Å². The van der Waals surface area contributed by atoms with E-state index >= 15 is 0 Å². The van der Waals surface area contributed by atoms with E-state index in [0.29, 0.717) is 45.9 Å². The Morgan fingerprint density at radius 3 is 2.89 bits per heavy atom. The molecule has 0 amide bonds. The first-order valence-electron chi connectivity index (χ1n) is 8.76. The Balaban J connectivity index is 1.92. The van der Waals surface area contributed by atoms with Crippen LogP contribution in [0, 0.1) is 0 Å². The van der Waals surface area contributed by atoms with Crippen LogP contribution in [0.15, 0.2) is 38.8 Å². The van der Waals surface area contributed by atoms with Gasteiger partial charge in [0, 0.05) is 31.2 Å². The number of rotatable bonds is 8. The Hall–Kier alpha value is -1.83. The third-order valence-electron chi connectivity index (χ3n) is 4.08. The molecule has 1 aromatic carbocycles. The first-order valence-corrected chi connectivity index (χ1v) is 10.1. The Kier molecular flexibility index (Phi) is 6.57. The van der Waals surface area contributed by atoms with Crippen LogP contribution in [0.25, 0.3) is 10.9 Å². The lowest BCUT2D eigenvalue weighted by molar-refractivity contribution is 0.189. The van der Waals surface area contributed by atoms with Crippen molar-refractivity contribution in [1.82, 2.24) is 14.5 Å². The van der Waals surface area contributed by atoms with Crippen LogP contribution in [0.4, 0.5) is 0 Å². The highest BCUT2D eigenvalue weighted by Crippen LogP contribution is 2.25. The molecule has 0 aliphatic carbocycles. The summed E-state index contributed by atoms with van der Waals surface area (Å²) in [6.07, 6.45) is 2.47. The molecule has 2 heterocycles. The van der Waals surface area contributed by atoms with Crippen LogP contribution >= 0.6 is 23.4 Å². The van der Waals surface area contributed by atoms with Gasteiger partial charge in [0.1, 0.15) is 5.76 Å². The van der Waals surface area contributed by atoms with Gasteiger partial charge in [0.25, 0.3) is 5.56 Å². The molecule has 3 aromatic rings. The molecule has 0 aliphatic rings. The lowest BCUT2D eigenvalue weighted by Crippen LogP contribution is -2.24. The average molecular weight is 408 g/mol. The summed E-state index contributed by atoms with van der Waals surface area (Å²) in [5.74, 6) is 2.24. The van der Waals surface area contributed by atoms with Crippen molar-refractivity contribution in [3.63, 3.8) is 0 Å². The van der Waals surface area contributed by atoms with E-state index in [2.05, 4.69) is 23.8 Å². The van der Waals surface area contributed by atoms with Gasteiger partial charge >= 0.3 is 0 Å². The monoisotopic (exact) mass is 407 g/mol. The normalized spacial score (nSPS) is 11.6. The molecular weight excluding hydrogens is 386 g/mol. The summed E-state index contributed by atoms with van der Waals surface area (Å²) < 4.78 is 12.6. The van der Waals surface area contributed by atoms with Gasteiger partial charge in [0.15, 0.2) is 5.16 Å². The maximum absolute atomic E-state index is 12.9. The van der Waals surface area contributed by atoms with E-state index < -0.39 is 0 Å². The Labute approximate surface area is 166 Å². The Bertz CT molecular complexity index is 984. The SMILES string of the molecule is COCCCn1c(SCc2ncc(C(C)C)o2)nc2cc(Cl)ccc2c1=O. The molecule has 0 atom stereocenters. The number of nitrogens with zero attached hydrogens (tertiary/aromatic N) is 3. The molecule has 6 nitrogen and oxygen atoms in total. The standard InChI is InChI=1S/C19H22ClN3O3S/c1-12(2)16-10-21-17(26-16)11-27-19-22-15-9-13(20)5-6-14(15)18(24)23(19)7-4-8-25-3/h5-6,9-10,12H,4,7-8,11H2,1-3H3. The zero-order valence-electron chi connectivity index (χ0n) is 15.6. The number of benzene rings is 1. The smallest absolute Gasteiger partial charge is 0.262 e. The van der Waals surface area contributed by atoms with Gasteiger partial charge in [-0.15, -0.1) is 0 Å². The molecule has 27 heavy (non-hydrogen) atoms. The minimum absolute atomic E-state index is 0.0782. The van der Waals surface area contributed by atoms with E-state index in [-0.39, 0.29) is 11.5 Å². The van der Waals surface area contributed by atoms with Gasteiger partial charge in [-0.1, -0.05) is 37.2 Å². The van der Waals surface area contributed by atoms with Gasteiger partial charge in [0.05, 0.1) is 22.9 Å². The van der Waals surface area contributed by atoms with Crippen molar-refractivity contribution < 1.29 is 9.15 Å². The molecule has 0 aliphatic heterocycles. The molecule has 8 heteroatoms. The molecule has 0 radical (unpaired) electrons. The summed E-state index contributed by atoms with van der Waals surface area (Å²) in [5, 5.41) is 1.73. The van der Waals surface area contributed by atoms with E-state index in [1.165, 1.54) is 11.8 Å². The molecule has 0 unspecified atom stereocenters. The van der Waals surface area contributed by atoms with E-state index in [1.54, 1.807) is 36.1 Å². The second-order valence-electron chi connectivity index (χ2n) is 6.46. The third kappa shape index (κ3) is 4.72. The number of methoxy groups -OCH3 is 1. The van der Waals surface area contributed by atoms with Gasteiger partial charge in [-0.05, 0) is 24.6 Å². The van der Waals surface area contributed by atoms with E-state index in [1.807, 2.05) is 0 Å². The quantitative estimate of drug-likeness (QED) is 0.311. The van der Waals surface area contributed by atoms with Gasteiger partial charge in [0.2, 0.25) is 5.89 Å². The van der Waals surface area contributed by atoms with E-state index in [4.69, 9.17) is 20.8 Å². The molecule has 0 fully saturated rings. The van der Waals surface area contributed by atoms with Crippen molar-refractivity contribution in [1.29, 1.82) is 0 Å². The van der Waals surface area contributed by atoms with Crippen molar-refractivity contribution >= 4 is 34.3 Å². The summed E-state index contributed by atoms with van der Waals surface area (Å²) in [7, 11) is 1.65. The van der Waals surface area contributed by atoms with Crippen LogP contribution in [0.5, 0.6) is 0 Å². The second-order valence-corrected chi connectivity index (χ2v) is 7.84. The summed E-state index contributed by atoms with van der Waals surface area (Å²) in [5.41, 5.74) is 0.513. The zero-order chi connectivity index (χ0) is 19.4. The minimum Gasteiger partial charge on any atom is -0.445 e. The van der Waals surface area contributed by atoms with Gasteiger partial charge in [-0.2, -0.15) is 0 Å². The van der Waals surface area contributed by atoms with E-state index in [0.717, 1.165) is 12.2 Å². The number of hydrogen-bond donors (Lipinski definition) is 0. The Morgan fingerprint density at radius 2 is 2.19 bits per heavy atom. The Morgan fingerprint density at radius 1 is 1.37 bits per heavy atom. The number of fused-ring (bicyclic) bond motifs is 1. The number of aromatic nitrogens is 3. The first-order chi connectivity index (χ1) is 13.0. The highest BCUT2D eigenvalue weighted by Gasteiger charge is 2.14. The highest BCUT2D eigenvalue weighted by atomic mass is 35.5.